The zero-order chi connectivity index (χ0) is 45.1. The van der Waals surface area contributed by atoms with Gasteiger partial charge in [-0.1, -0.05) is 63.9 Å². The number of nitrogens with zero attached hydrogens (tertiary/aromatic N) is 4. The molecule has 6 amide bonds. The third kappa shape index (κ3) is 13.8. The van der Waals surface area contributed by atoms with Crippen LogP contribution in [0.25, 0.3) is 11.3 Å². The van der Waals surface area contributed by atoms with Crippen molar-refractivity contribution in [3.8, 4) is 11.3 Å². The van der Waals surface area contributed by atoms with Crippen LogP contribution in [0, 0.1) is 23.0 Å². The number of hydrogen-bond donors (Lipinski definition) is 4. The van der Waals surface area contributed by atoms with Crippen molar-refractivity contribution in [1.82, 2.24) is 30.0 Å². The summed E-state index contributed by atoms with van der Waals surface area (Å²) in [5, 5.41) is 15.2. The van der Waals surface area contributed by atoms with Crippen LogP contribution >= 0.6 is 0 Å². The molecule has 0 spiro atoms. The van der Waals surface area contributed by atoms with Crippen molar-refractivity contribution in [2.45, 2.75) is 97.9 Å². The number of amides is 6. The zero-order valence-corrected chi connectivity index (χ0v) is 35.6. The van der Waals surface area contributed by atoms with Crippen molar-refractivity contribution in [1.29, 1.82) is 0 Å². The number of alkyl carbamates (subject to hydrolysis) is 1. The molecule has 0 bridgehead atoms. The average molecular weight is 850 g/mol. The van der Waals surface area contributed by atoms with E-state index in [-0.39, 0.29) is 61.0 Å². The first-order valence-corrected chi connectivity index (χ1v) is 20.2. The number of primary amides is 1. The van der Waals surface area contributed by atoms with Gasteiger partial charge in [0.25, 0.3) is 11.8 Å². The molecule has 2 heterocycles. The Balaban J connectivity index is 0.000000399. The Bertz CT molecular complexity index is 2050. The standard InChI is InChI=1S/C32H41F2N5O5.C12H16N2O3/c1-31(2,3)27(39(26(41)19-40)15-14-24(28(35)42)37-30(43)44-32(4,5)6)29-36-25(22-16-21(33)12-13-23(22)34)18-38(29)17-20-10-8-7-9-11-20;15-10-5-6-11(16)14(10)8-7-13-12(17)9-3-1-2-4-9/h7-13,16,18,24,27,40H,14-15,17,19H2,1-6H3,(H2,35,42)(H,37,43);5-6,9H,1-4,7-8H2,(H,13,17). The van der Waals surface area contributed by atoms with E-state index in [1.165, 1.54) is 17.1 Å². The van der Waals surface area contributed by atoms with Crippen LogP contribution in [0.4, 0.5) is 13.6 Å². The molecule has 0 saturated heterocycles. The smallest absolute Gasteiger partial charge is 0.408 e. The Morgan fingerprint density at radius 3 is 2.20 bits per heavy atom. The first-order chi connectivity index (χ1) is 28.7. The molecule has 2 atom stereocenters. The molecule has 17 heteroatoms. The predicted molar refractivity (Wildman–Crippen MR) is 222 cm³/mol. The van der Waals surface area contributed by atoms with Gasteiger partial charge in [-0.3, -0.25) is 28.9 Å². The molecule has 0 radical (unpaired) electrons. The highest BCUT2D eigenvalue weighted by Gasteiger charge is 2.39. The molecular formula is C44H57F2N7O8. The van der Waals surface area contributed by atoms with Crippen LogP contribution in [0.1, 0.15) is 91.1 Å². The van der Waals surface area contributed by atoms with E-state index in [1.54, 1.807) is 31.5 Å². The second kappa shape index (κ2) is 21.0. The third-order valence-electron chi connectivity index (χ3n) is 9.99. The normalized spacial score (nSPS) is 15.2. The number of halogens is 2. The molecule has 330 valence electrons. The monoisotopic (exact) mass is 849 g/mol. The van der Waals surface area contributed by atoms with Gasteiger partial charge in [-0.05, 0) is 69.2 Å². The van der Waals surface area contributed by atoms with Gasteiger partial charge in [0.05, 0.1) is 11.7 Å². The quantitative estimate of drug-likeness (QED) is 0.155. The van der Waals surface area contributed by atoms with Crippen molar-refractivity contribution in [3.05, 3.63) is 89.9 Å². The highest BCUT2D eigenvalue weighted by Crippen LogP contribution is 2.39. The number of nitrogens with two attached hydrogens (primary N) is 1. The van der Waals surface area contributed by atoms with Crippen molar-refractivity contribution >= 4 is 35.6 Å². The fourth-order valence-electron chi connectivity index (χ4n) is 7.14. The molecule has 3 aromatic rings. The Morgan fingerprint density at radius 2 is 1.62 bits per heavy atom. The predicted octanol–water partition coefficient (Wildman–Crippen LogP) is 4.77. The maximum atomic E-state index is 14.9. The van der Waals surface area contributed by atoms with Crippen molar-refractivity contribution < 1.29 is 47.4 Å². The molecule has 15 nitrogen and oxygen atoms in total. The topological polar surface area (TPSA) is 206 Å². The lowest BCUT2D eigenvalue weighted by molar-refractivity contribution is -0.140. The Labute approximate surface area is 354 Å². The van der Waals surface area contributed by atoms with Crippen LogP contribution in [0.2, 0.25) is 0 Å². The van der Waals surface area contributed by atoms with E-state index in [0.29, 0.717) is 12.4 Å². The number of nitrogens with one attached hydrogen (secondary N) is 2. The number of hydrogen-bond acceptors (Lipinski definition) is 9. The van der Waals surface area contributed by atoms with Gasteiger partial charge in [-0.2, -0.15) is 0 Å². The minimum absolute atomic E-state index is 0.0505. The van der Waals surface area contributed by atoms with Gasteiger partial charge in [0.15, 0.2) is 0 Å². The largest absolute Gasteiger partial charge is 0.444 e. The molecule has 5 N–H and O–H groups in total. The van der Waals surface area contributed by atoms with E-state index in [0.717, 1.165) is 54.3 Å². The molecule has 5 rings (SSSR count). The molecule has 61 heavy (non-hydrogen) atoms. The van der Waals surface area contributed by atoms with E-state index in [4.69, 9.17) is 15.5 Å². The Morgan fingerprint density at radius 1 is 0.984 bits per heavy atom. The van der Waals surface area contributed by atoms with Gasteiger partial charge in [0, 0.05) is 56.0 Å². The summed E-state index contributed by atoms with van der Waals surface area (Å²) < 4.78 is 36.1. The van der Waals surface area contributed by atoms with Crippen LogP contribution in [0.3, 0.4) is 0 Å². The maximum Gasteiger partial charge on any atom is 0.408 e. The van der Waals surface area contributed by atoms with E-state index < -0.39 is 59.2 Å². The van der Waals surface area contributed by atoms with Crippen molar-refractivity contribution in [2.75, 3.05) is 26.2 Å². The van der Waals surface area contributed by atoms with Gasteiger partial charge in [-0.25, -0.2) is 18.6 Å². The second-order valence-corrected chi connectivity index (χ2v) is 17.1. The molecule has 1 fully saturated rings. The van der Waals surface area contributed by atoms with Gasteiger partial charge >= 0.3 is 6.09 Å². The van der Waals surface area contributed by atoms with Gasteiger partial charge < -0.3 is 35.7 Å². The SMILES string of the molecule is CC(C)(C)OC(=O)NC(CCN(C(=O)CO)C(c1nc(-c2cc(F)ccc2F)cn1Cc1ccccc1)C(C)(C)C)C(N)=O.O=C(NCCN1C(=O)C=CC1=O)C1CCCC1. The number of ether oxygens (including phenoxy) is 1. The van der Waals surface area contributed by atoms with Crippen LogP contribution in [-0.2, 0) is 35.3 Å². The summed E-state index contributed by atoms with van der Waals surface area (Å²) in [5.41, 5.74) is 5.02. The number of aromatic nitrogens is 2. The minimum Gasteiger partial charge on any atom is -0.444 e. The van der Waals surface area contributed by atoms with E-state index >= 15 is 0 Å². The van der Waals surface area contributed by atoms with Crippen LogP contribution in [-0.4, -0.2) is 98.0 Å². The number of benzene rings is 2. The molecular weight excluding hydrogens is 793 g/mol. The number of aliphatic hydroxyl groups excluding tert-OH is 1. The fourth-order valence-corrected chi connectivity index (χ4v) is 7.14. The molecule has 2 aliphatic rings. The lowest BCUT2D eigenvalue weighted by atomic mass is 9.84. The minimum atomic E-state index is -1.19. The first-order valence-electron chi connectivity index (χ1n) is 20.2. The number of aliphatic hydroxyl groups is 1. The summed E-state index contributed by atoms with van der Waals surface area (Å²) in [7, 11) is 0. The Hall–Kier alpha value is -5.97. The summed E-state index contributed by atoms with van der Waals surface area (Å²) in [6.07, 6.45) is 7.28. The number of imidazole rings is 1. The first kappa shape index (κ1) is 47.7. The van der Waals surface area contributed by atoms with Crippen LogP contribution in [0.15, 0.2) is 66.9 Å². The molecule has 2 aromatic carbocycles. The molecule has 2 unspecified atom stereocenters. The van der Waals surface area contributed by atoms with E-state index in [1.807, 2.05) is 51.1 Å². The number of carbonyl (C=O) groups excluding carboxylic acids is 6. The molecule has 1 aromatic heterocycles. The van der Waals surface area contributed by atoms with Crippen molar-refractivity contribution in [2.24, 2.45) is 17.1 Å². The van der Waals surface area contributed by atoms with Crippen LogP contribution in [0.5, 0.6) is 0 Å². The van der Waals surface area contributed by atoms with Gasteiger partial charge in [0.1, 0.15) is 35.7 Å². The molecule has 1 saturated carbocycles. The van der Waals surface area contributed by atoms with Gasteiger partial charge in [-0.15, -0.1) is 0 Å². The lowest BCUT2D eigenvalue weighted by Gasteiger charge is -2.40. The average Bonchev–Trinajstić information content (AvgIpc) is 3.94. The summed E-state index contributed by atoms with van der Waals surface area (Å²) >= 11 is 0. The number of imide groups is 1. The molecule has 1 aliphatic carbocycles. The van der Waals surface area contributed by atoms with E-state index in [9.17, 15) is 42.7 Å². The summed E-state index contributed by atoms with van der Waals surface area (Å²) in [6.45, 7) is 10.5. The highest BCUT2D eigenvalue weighted by atomic mass is 19.1. The maximum absolute atomic E-state index is 14.9. The highest BCUT2D eigenvalue weighted by molar-refractivity contribution is 6.12. The summed E-state index contributed by atoms with van der Waals surface area (Å²) in [4.78, 5) is 79.3. The zero-order valence-electron chi connectivity index (χ0n) is 35.6. The lowest BCUT2D eigenvalue weighted by Crippen LogP contribution is -2.50. The summed E-state index contributed by atoms with van der Waals surface area (Å²) in [5.74, 6) is -2.90. The fraction of sp³-hybridized carbons (Fsp3) is 0.477. The van der Waals surface area contributed by atoms with Gasteiger partial charge in [0.2, 0.25) is 17.7 Å². The Kier molecular flexibility index (Phi) is 16.4. The number of carbonyl (C=O) groups is 6. The third-order valence-corrected chi connectivity index (χ3v) is 9.99. The van der Waals surface area contributed by atoms with Crippen LogP contribution < -0.4 is 16.4 Å². The summed E-state index contributed by atoms with van der Waals surface area (Å²) in [6, 6.07) is 10.5. The molecule has 1 aliphatic heterocycles. The second-order valence-electron chi connectivity index (χ2n) is 17.1. The van der Waals surface area contributed by atoms with E-state index in [2.05, 4.69) is 10.6 Å². The number of rotatable bonds is 15. The van der Waals surface area contributed by atoms with Crippen molar-refractivity contribution in [3.63, 3.8) is 0 Å².